The van der Waals surface area contributed by atoms with Crippen molar-refractivity contribution in [3.05, 3.63) is 61.4 Å². The zero-order valence-corrected chi connectivity index (χ0v) is 16.4. The van der Waals surface area contributed by atoms with Gasteiger partial charge in [0.25, 0.3) is 0 Å². The zero-order valence-electron chi connectivity index (χ0n) is 15.5. The number of aromatic nitrogens is 4. The van der Waals surface area contributed by atoms with Crippen LogP contribution in [0.5, 0.6) is 5.75 Å². The van der Waals surface area contributed by atoms with Gasteiger partial charge in [-0.2, -0.15) is 0 Å². The maximum atomic E-state index is 12.3. The molecule has 0 aliphatic rings. The number of ether oxygens (including phenoxy) is 1. The van der Waals surface area contributed by atoms with E-state index in [4.69, 9.17) is 4.74 Å². The number of amides is 1. The van der Waals surface area contributed by atoms with E-state index in [9.17, 15) is 4.79 Å². The van der Waals surface area contributed by atoms with Gasteiger partial charge in [0.1, 0.15) is 5.75 Å². The summed E-state index contributed by atoms with van der Waals surface area (Å²) in [7, 11) is 0. The Labute approximate surface area is 167 Å². The molecule has 1 aromatic carbocycles. The molecule has 0 saturated carbocycles. The Morgan fingerprint density at radius 3 is 2.79 bits per heavy atom. The predicted molar refractivity (Wildman–Crippen MR) is 110 cm³/mol. The molecule has 144 valence electrons. The number of nitrogens with zero attached hydrogens (tertiary/aromatic N) is 4. The molecule has 1 amide bonds. The maximum absolute atomic E-state index is 12.3. The summed E-state index contributed by atoms with van der Waals surface area (Å²) >= 11 is 1.33. The molecular weight excluding hydrogens is 374 g/mol. The molecule has 2 heterocycles. The number of anilines is 1. The first-order valence-electron chi connectivity index (χ1n) is 8.81. The Morgan fingerprint density at radius 2 is 2.11 bits per heavy atom. The van der Waals surface area contributed by atoms with Gasteiger partial charge >= 0.3 is 0 Å². The van der Waals surface area contributed by atoms with Crippen molar-refractivity contribution in [2.24, 2.45) is 0 Å². The lowest BCUT2D eigenvalue weighted by Gasteiger charge is -2.08. The normalized spacial score (nSPS) is 10.5. The van der Waals surface area contributed by atoms with Crippen molar-refractivity contribution in [2.75, 3.05) is 17.7 Å². The third kappa shape index (κ3) is 4.98. The van der Waals surface area contributed by atoms with Gasteiger partial charge in [0.2, 0.25) is 5.91 Å². The summed E-state index contributed by atoms with van der Waals surface area (Å²) in [6.07, 6.45) is 5.21. The van der Waals surface area contributed by atoms with Crippen LogP contribution in [0.4, 0.5) is 5.69 Å². The summed E-state index contributed by atoms with van der Waals surface area (Å²) < 4.78 is 7.31. The molecule has 0 saturated heterocycles. The van der Waals surface area contributed by atoms with Gasteiger partial charge in [-0.25, -0.2) is 0 Å². The molecule has 8 heteroatoms. The molecule has 1 N–H and O–H groups in total. The number of rotatable bonds is 9. The summed E-state index contributed by atoms with van der Waals surface area (Å²) in [6, 6.07) is 11.0. The summed E-state index contributed by atoms with van der Waals surface area (Å²) in [4.78, 5) is 16.4. The van der Waals surface area contributed by atoms with Crippen molar-refractivity contribution in [1.29, 1.82) is 0 Å². The quantitative estimate of drug-likeness (QED) is 0.440. The van der Waals surface area contributed by atoms with Crippen LogP contribution in [0.25, 0.3) is 11.4 Å². The first-order chi connectivity index (χ1) is 13.7. The van der Waals surface area contributed by atoms with Gasteiger partial charge in [-0.1, -0.05) is 17.8 Å². The van der Waals surface area contributed by atoms with Gasteiger partial charge in [0, 0.05) is 30.2 Å². The first kappa shape index (κ1) is 19.6. The Hall–Kier alpha value is -3.13. The lowest BCUT2D eigenvalue weighted by molar-refractivity contribution is -0.113. The van der Waals surface area contributed by atoms with Crippen LogP contribution in [0.2, 0.25) is 0 Å². The minimum atomic E-state index is -0.120. The standard InChI is InChI=1S/C20H21N5O2S/c1-3-12-25-19(15-6-5-11-21-13-15)23-24-20(25)28-14-18(26)22-16-7-9-17(10-8-16)27-4-2/h3,5-11,13H,1,4,12,14H2,2H3,(H,22,26). The average molecular weight is 395 g/mol. The molecule has 0 radical (unpaired) electrons. The van der Waals surface area contributed by atoms with E-state index in [-0.39, 0.29) is 11.7 Å². The van der Waals surface area contributed by atoms with E-state index in [1.165, 1.54) is 11.8 Å². The lowest BCUT2D eigenvalue weighted by atomic mass is 10.3. The van der Waals surface area contributed by atoms with Crippen molar-refractivity contribution in [2.45, 2.75) is 18.6 Å². The molecule has 0 atom stereocenters. The highest BCUT2D eigenvalue weighted by Gasteiger charge is 2.15. The van der Waals surface area contributed by atoms with E-state index in [1.54, 1.807) is 18.5 Å². The van der Waals surface area contributed by atoms with E-state index < -0.39 is 0 Å². The fourth-order valence-electron chi connectivity index (χ4n) is 2.53. The molecule has 7 nitrogen and oxygen atoms in total. The van der Waals surface area contributed by atoms with Crippen LogP contribution in [0.3, 0.4) is 0 Å². The number of nitrogens with one attached hydrogen (secondary N) is 1. The molecular formula is C20H21N5O2S. The number of pyridine rings is 1. The molecule has 0 aliphatic heterocycles. The van der Waals surface area contributed by atoms with Gasteiger partial charge in [-0.3, -0.25) is 14.3 Å². The largest absolute Gasteiger partial charge is 0.494 e. The molecule has 0 fully saturated rings. The Balaban J connectivity index is 1.64. The first-order valence-corrected chi connectivity index (χ1v) is 9.79. The van der Waals surface area contributed by atoms with E-state index in [0.29, 0.717) is 24.1 Å². The van der Waals surface area contributed by atoms with Crippen molar-refractivity contribution < 1.29 is 9.53 Å². The van der Waals surface area contributed by atoms with Crippen LogP contribution in [0.1, 0.15) is 6.92 Å². The number of thioether (sulfide) groups is 1. The summed E-state index contributed by atoms with van der Waals surface area (Å²) in [5.41, 5.74) is 1.58. The van der Waals surface area contributed by atoms with Gasteiger partial charge in [0.05, 0.1) is 12.4 Å². The molecule has 2 aromatic heterocycles. The molecule has 28 heavy (non-hydrogen) atoms. The number of benzene rings is 1. The summed E-state index contributed by atoms with van der Waals surface area (Å²) in [6.45, 7) is 6.87. The number of carbonyl (C=O) groups excluding carboxylic acids is 1. The highest BCUT2D eigenvalue weighted by atomic mass is 32.2. The number of hydrogen-bond donors (Lipinski definition) is 1. The van der Waals surface area contributed by atoms with Gasteiger partial charge in [0.15, 0.2) is 11.0 Å². The van der Waals surface area contributed by atoms with Gasteiger partial charge in [-0.05, 0) is 43.3 Å². The van der Waals surface area contributed by atoms with E-state index in [1.807, 2.05) is 47.9 Å². The van der Waals surface area contributed by atoms with Crippen molar-refractivity contribution in [3.63, 3.8) is 0 Å². The van der Waals surface area contributed by atoms with Crippen molar-refractivity contribution >= 4 is 23.4 Å². The summed E-state index contributed by atoms with van der Waals surface area (Å²) in [5.74, 6) is 1.57. The van der Waals surface area contributed by atoms with Crippen LogP contribution in [-0.4, -0.2) is 38.0 Å². The van der Waals surface area contributed by atoms with Gasteiger partial charge < -0.3 is 10.1 Å². The minimum absolute atomic E-state index is 0.120. The molecule has 0 bridgehead atoms. The predicted octanol–water partition coefficient (Wildman–Crippen LogP) is 3.66. The zero-order chi connectivity index (χ0) is 19.8. The molecule has 3 aromatic rings. The third-order valence-corrected chi connectivity index (χ3v) is 4.70. The maximum Gasteiger partial charge on any atom is 0.234 e. The van der Waals surface area contributed by atoms with E-state index >= 15 is 0 Å². The monoisotopic (exact) mass is 395 g/mol. The second-order valence-corrected chi connectivity index (χ2v) is 6.68. The molecule has 0 spiro atoms. The SMILES string of the molecule is C=CCn1c(SCC(=O)Nc2ccc(OCC)cc2)nnc1-c1cccnc1. The Morgan fingerprint density at radius 1 is 1.29 bits per heavy atom. The lowest BCUT2D eigenvalue weighted by Crippen LogP contribution is -2.14. The number of carbonyl (C=O) groups is 1. The summed E-state index contributed by atoms with van der Waals surface area (Å²) in [5, 5.41) is 12.0. The Kier molecular flexibility index (Phi) is 6.80. The average Bonchev–Trinajstić information content (AvgIpc) is 3.12. The molecule has 0 unspecified atom stereocenters. The van der Waals surface area contributed by atoms with Crippen LogP contribution in [0, 0.1) is 0 Å². The van der Waals surface area contributed by atoms with Crippen LogP contribution >= 0.6 is 11.8 Å². The van der Waals surface area contributed by atoms with E-state index in [0.717, 1.165) is 17.0 Å². The topological polar surface area (TPSA) is 81.9 Å². The second-order valence-electron chi connectivity index (χ2n) is 5.74. The highest BCUT2D eigenvalue weighted by Crippen LogP contribution is 2.24. The number of allylic oxidation sites excluding steroid dienone is 1. The fraction of sp³-hybridized carbons (Fsp3) is 0.200. The molecule has 0 aliphatic carbocycles. The van der Waals surface area contributed by atoms with Gasteiger partial charge in [-0.15, -0.1) is 16.8 Å². The van der Waals surface area contributed by atoms with Crippen LogP contribution < -0.4 is 10.1 Å². The van der Waals surface area contributed by atoms with Crippen LogP contribution in [-0.2, 0) is 11.3 Å². The number of hydrogen-bond acceptors (Lipinski definition) is 6. The van der Waals surface area contributed by atoms with Crippen molar-refractivity contribution in [3.8, 4) is 17.1 Å². The van der Waals surface area contributed by atoms with E-state index in [2.05, 4.69) is 27.1 Å². The highest BCUT2D eigenvalue weighted by molar-refractivity contribution is 7.99. The fourth-order valence-corrected chi connectivity index (χ4v) is 3.27. The minimum Gasteiger partial charge on any atom is -0.494 e. The Bertz CT molecular complexity index is 926. The smallest absolute Gasteiger partial charge is 0.234 e. The second kappa shape index (κ2) is 9.70. The van der Waals surface area contributed by atoms with Crippen LogP contribution in [0.15, 0.2) is 66.6 Å². The van der Waals surface area contributed by atoms with Crippen molar-refractivity contribution in [1.82, 2.24) is 19.7 Å². The third-order valence-electron chi connectivity index (χ3n) is 3.73. The molecule has 3 rings (SSSR count).